The van der Waals surface area contributed by atoms with Crippen molar-refractivity contribution in [1.82, 2.24) is 9.62 Å². The molecular weight excluding hydrogens is 412 g/mol. The number of ether oxygens (including phenoxy) is 1. The summed E-state index contributed by atoms with van der Waals surface area (Å²) in [7, 11) is -2.37. The standard InChI is InChI=1S/C21H25ClN2O4S/c1-24(29(26,27)19-9-7-18(22)8-10-19)15-20(25)23-16-21(11-13-28-14-12-21)17-5-3-2-4-6-17/h2-10H,11-16H2,1H3,(H,23,25). The molecule has 6 nitrogen and oxygen atoms in total. The molecule has 2 aromatic carbocycles. The molecule has 8 heteroatoms. The highest BCUT2D eigenvalue weighted by atomic mass is 35.5. The van der Waals surface area contributed by atoms with Crippen LogP contribution in [0.3, 0.4) is 0 Å². The van der Waals surface area contributed by atoms with Crippen molar-refractivity contribution in [2.24, 2.45) is 0 Å². The Kier molecular flexibility index (Phi) is 6.95. The predicted octanol–water partition coefficient (Wildman–Crippen LogP) is 2.83. The lowest BCUT2D eigenvalue weighted by molar-refractivity contribution is -0.121. The lowest BCUT2D eigenvalue weighted by Gasteiger charge is -2.38. The van der Waals surface area contributed by atoms with Crippen molar-refractivity contribution in [2.45, 2.75) is 23.2 Å². The Morgan fingerprint density at radius 2 is 1.72 bits per heavy atom. The second-order valence-corrected chi connectivity index (χ2v) is 9.73. The number of hydrogen-bond acceptors (Lipinski definition) is 4. The van der Waals surface area contributed by atoms with Gasteiger partial charge in [-0.25, -0.2) is 8.42 Å². The van der Waals surface area contributed by atoms with Gasteiger partial charge < -0.3 is 10.1 Å². The van der Waals surface area contributed by atoms with E-state index < -0.39 is 10.0 Å². The first-order chi connectivity index (χ1) is 13.8. The molecule has 0 atom stereocenters. The normalized spacial score (nSPS) is 16.5. The lowest BCUT2D eigenvalue weighted by Crippen LogP contribution is -2.47. The maximum absolute atomic E-state index is 12.7. The van der Waals surface area contributed by atoms with Gasteiger partial charge in [-0.3, -0.25) is 4.79 Å². The van der Waals surface area contributed by atoms with Crippen LogP contribution in [-0.4, -0.2) is 52.0 Å². The molecule has 1 fully saturated rings. The Bertz CT molecular complexity index is 927. The summed E-state index contributed by atoms with van der Waals surface area (Å²) < 4.78 is 31.9. The van der Waals surface area contributed by atoms with Crippen LogP contribution in [0.1, 0.15) is 18.4 Å². The minimum absolute atomic E-state index is 0.0994. The van der Waals surface area contributed by atoms with Gasteiger partial charge in [0.1, 0.15) is 0 Å². The number of likely N-dealkylation sites (N-methyl/N-ethyl adjacent to an activating group) is 1. The Hall–Kier alpha value is -1.93. The first-order valence-corrected chi connectivity index (χ1v) is 11.3. The van der Waals surface area contributed by atoms with Crippen LogP contribution in [0.15, 0.2) is 59.5 Å². The molecule has 1 aliphatic rings. The van der Waals surface area contributed by atoms with E-state index in [1.165, 1.54) is 31.3 Å². The quantitative estimate of drug-likeness (QED) is 0.724. The van der Waals surface area contributed by atoms with Crippen molar-refractivity contribution in [3.8, 4) is 0 Å². The van der Waals surface area contributed by atoms with E-state index in [4.69, 9.17) is 16.3 Å². The van der Waals surface area contributed by atoms with Crippen LogP contribution in [0.4, 0.5) is 0 Å². The number of nitrogens with zero attached hydrogens (tertiary/aromatic N) is 1. The third kappa shape index (κ3) is 5.17. The molecule has 1 aliphatic heterocycles. The molecule has 3 rings (SSSR count). The minimum Gasteiger partial charge on any atom is -0.381 e. The van der Waals surface area contributed by atoms with Crippen molar-refractivity contribution in [3.63, 3.8) is 0 Å². The highest BCUT2D eigenvalue weighted by molar-refractivity contribution is 7.89. The van der Waals surface area contributed by atoms with Crippen molar-refractivity contribution >= 4 is 27.5 Å². The number of amides is 1. The van der Waals surface area contributed by atoms with Gasteiger partial charge in [-0.15, -0.1) is 0 Å². The van der Waals surface area contributed by atoms with E-state index in [1.807, 2.05) is 18.2 Å². The number of carbonyl (C=O) groups is 1. The summed E-state index contributed by atoms with van der Waals surface area (Å²) in [6.07, 6.45) is 1.60. The lowest BCUT2D eigenvalue weighted by atomic mass is 9.74. The monoisotopic (exact) mass is 436 g/mol. The second-order valence-electron chi connectivity index (χ2n) is 7.25. The number of sulfonamides is 1. The topological polar surface area (TPSA) is 75.7 Å². The van der Waals surface area contributed by atoms with Gasteiger partial charge in [-0.2, -0.15) is 4.31 Å². The van der Waals surface area contributed by atoms with Crippen LogP contribution in [0, 0.1) is 0 Å². The highest BCUT2D eigenvalue weighted by Gasteiger charge is 2.35. The zero-order valence-corrected chi connectivity index (χ0v) is 17.9. The number of halogens is 1. The molecule has 0 spiro atoms. The van der Waals surface area contributed by atoms with E-state index >= 15 is 0 Å². The zero-order chi connectivity index (χ0) is 20.9. The maximum atomic E-state index is 12.7. The van der Waals surface area contributed by atoms with Crippen LogP contribution in [-0.2, 0) is 25.0 Å². The third-order valence-electron chi connectivity index (χ3n) is 5.35. The van der Waals surface area contributed by atoms with Gasteiger partial charge in [0.15, 0.2) is 0 Å². The molecular formula is C21H25ClN2O4S. The molecule has 29 heavy (non-hydrogen) atoms. The van der Waals surface area contributed by atoms with Crippen LogP contribution in [0.2, 0.25) is 5.02 Å². The number of rotatable bonds is 7. The fourth-order valence-corrected chi connectivity index (χ4v) is 4.77. The molecule has 1 heterocycles. The van der Waals surface area contributed by atoms with E-state index in [0.717, 1.165) is 22.7 Å². The van der Waals surface area contributed by atoms with Gasteiger partial charge in [0.05, 0.1) is 11.4 Å². The van der Waals surface area contributed by atoms with Gasteiger partial charge in [-0.05, 0) is 42.7 Å². The molecule has 2 aromatic rings. The molecule has 0 radical (unpaired) electrons. The summed E-state index contributed by atoms with van der Waals surface area (Å²) in [5, 5.41) is 3.38. The van der Waals surface area contributed by atoms with Crippen molar-refractivity contribution < 1.29 is 17.9 Å². The largest absolute Gasteiger partial charge is 0.381 e. The number of hydrogen-bond donors (Lipinski definition) is 1. The smallest absolute Gasteiger partial charge is 0.243 e. The van der Waals surface area contributed by atoms with Crippen LogP contribution in [0.25, 0.3) is 0 Å². The Balaban J connectivity index is 1.65. The summed E-state index contributed by atoms with van der Waals surface area (Å²) in [6, 6.07) is 15.9. The van der Waals surface area contributed by atoms with Gasteiger partial charge in [-0.1, -0.05) is 41.9 Å². The summed E-state index contributed by atoms with van der Waals surface area (Å²) in [5.41, 5.74) is 0.953. The average molecular weight is 437 g/mol. The van der Waals surface area contributed by atoms with Crippen molar-refractivity contribution in [1.29, 1.82) is 0 Å². The SMILES string of the molecule is CN(CC(=O)NCC1(c2ccccc2)CCOCC1)S(=O)(=O)c1ccc(Cl)cc1. The zero-order valence-electron chi connectivity index (χ0n) is 16.3. The highest BCUT2D eigenvalue weighted by Crippen LogP contribution is 2.34. The molecule has 0 aliphatic carbocycles. The van der Waals surface area contributed by atoms with Gasteiger partial charge in [0, 0.05) is 37.2 Å². The summed E-state index contributed by atoms with van der Waals surface area (Å²) in [6.45, 7) is 1.45. The number of carbonyl (C=O) groups excluding carboxylic acids is 1. The fraction of sp³-hybridized carbons (Fsp3) is 0.381. The van der Waals surface area contributed by atoms with Crippen molar-refractivity contribution in [3.05, 3.63) is 65.2 Å². The van der Waals surface area contributed by atoms with E-state index in [9.17, 15) is 13.2 Å². The van der Waals surface area contributed by atoms with Gasteiger partial charge in [0.2, 0.25) is 15.9 Å². The summed E-state index contributed by atoms with van der Waals surface area (Å²) in [5.74, 6) is -0.341. The Morgan fingerprint density at radius 3 is 2.34 bits per heavy atom. The van der Waals surface area contributed by atoms with Crippen LogP contribution >= 0.6 is 11.6 Å². The van der Waals surface area contributed by atoms with Gasteiger partial charge in [0.25, 0.3) is 0 Å². The van der Waals surface area contributed by atoms with Crippen LogP contribution in [0.5, 0.6) is 0 Å². The first kappa shape index (κ1) is 21.8. The molecule has 156 valence electrons. The van der Waals surface area contributed by atoms with E-state index in [2.05, 4.69) is 17.4 Å². The predicted molar refractivity (Wildman–Crippen MR) is 112 cm³/mol. The molecule has 0 aromatic heterocycles. The third-order valence-corrected chi connectivity index (χ3v) is 7.42. The second kappa shape index (κ2) is 9.26. The first-order valence-electron chi connectivity index (χ1n) is 9.45. The Labute approximate surface area is 176 Å². The summed E-state index contributed by atoms with van der Waals surface area (Å²) >= 11 is 5.82. The molecule has 0 bridgehead atoms. The van der Waals surface area contributed by atoms with Gasteiger partial charge >= 0.3 is 0 Å². The number of benzene rings is 2. The Morgan fingerprint density at radius 1 is 1.10 bits per heavy atom. The van der Waals surface area contributed by atoms with E-state index in [-0.39, 0.29) is 22.8 Å². The molecule has 1 N–H and O–H groups in total. The number of nitrogens with one attached hydrogen (secondary N) is 1. The summed E-state index contributed by atoms with van der Waals surface area (Å²) in [4.78, 5) is 12.6. The molecule has 1 saturated heterocycles. The maximum Gasteiger partial charge on any atom is 0.243 e. The van der Waals surface area contributed by atoms with E-state index in [1.54, 1.807) is 0 Å². The molecule has 0 saturated carbocycles. The molecule has 1 amide bonds. The van der Waals surface area contributed by atoms with Crippen molar-refractivity contribution in [2.75, 3.05) is 33.4 Å². The fourth-order valence-electron chi connectivity index (χ4n) is 3.52. The average Bonchev–Trinajstić information content (AvgIpc) is 2.74. The van der Waals surface area contributed by atoms with Crippen LogP contribution < -0.4 is 5.32 Å². The van der Waals surface area contributed by atoms with E-state index in [0.29, 0.717) is 24.8 Å². The minimum atomic E-state index is -3.77. The molecule has 0 unspecified atom stereocenters.